The normalized spacial score (nSPS) is 8.33. The van der Waals surface area contributed by atoms with E-state index in [9.17, 15) is 0 Å². The minimum Gasteiger partial charge on any atom is -1.00 e. The second-order valence-electron chi connectivity index (χ2n) is 0.723. The van der Waals surface area contributed by atoms with Gasteiger partial charge in [0.1, 0.15) is 0 Å². The molecule has 0 nitrogen and oxygen atoms in total. The molecule has 0 unspecified atom stereocenters. The molecule has 0 spiro atoms. The van der Waals surface area contributed by atoms with Crippen LogP contribution in [-0.4, -0.2) is 27.5 Å². The first kappa shape index (κ1) is 10.3. The maximum Gasteiger partial charge on any atom is 2.00 e. The second kappa shape index (κ2) is 9.53. The maximum absolute atomic E-state index is 2.30. The topological polar surface area (TPSA) is 0 Å². The maximum atomic E-state index is 2.30. The van der Waals surface area contributed by atoms with Crippen LogP contribution in [0, 0.1) is 0 Å². The van der Waals surface area contributed by atoms with Crippen molar-refractivity contribution in [2.24, 2.45) is 0 Å². The first-order chi connectivity index (χ1) is 2.41. The SMILES string of the molecule is C/C=C/CI.[H-].[H-].[Mg+2]. The molecule has 0 aromatic carbocycles. The van der Waals surface area contributed by atoms with E-state index >= 15 is 0 Å². The molecule has 0 rings (SSSR count). The van der Waals surface area contributed by atoms with E-state index in [1.54, 1.807) is 0 Å². The van der Waals surface area contributed by atoms with Crippen LogP contribution < -0.4 is 0 Å². The Hall–Kier alpha value is 1.24. The van der Waals surface area contributed by atoms with Gasteiger partial charge in [0.05, 0.1) is 0 Å². The first-order valence-electron chi connectivity index (χ1n) is 1.59. The van der Waals surface area contributed by atoms with Crippen LogP contribution in [0.4, 0.5) is 0 Å². The molecule has 0 aromatic heterocycles. The molecule has 0 saturated heterocycles. The van der Waals surface area contributed by atoms with Crippen molar-refractivity contribution in [2.45, 2.75) is 6.92 Å². The third-order valence-corrected chi connectivity index (χ3v) is 0.833. The first-order valence-corrected chi connectivity index (χ1v) is 3.11. The monoisotopic (exact) mass is 208 g/mol. The summed E-state index contributed by atoms with van der Waals surface area (Å²) in [5.74, 6) is 0. The summed E-state index contributed by atoms with van der Waals surface area (Å²) in [6.07, 6.45) is 4.16. The summed E-state index contributed by atoms with van der Waals surface area (Å²) < 4.78 is 1.13. The zero-order chi connectivity index (χ0) is 4.12. The van der Waals surface area contributed by atoms with Gasteiger partial charge in [0.15, 0.2) is 0 Å². The van der Waals surface area contributed by atoms with Crippen molar-refractivity contribution >= 4 is 45.6 Å². The smallest absolute Gasteiger partial charge is 1.00 e. The number of hydrogen-bond acceptors (Lipinski definition) is 0. The minimum absolute atomic E-state index is 0. The van der Waals surface area contributed by atoms with Crippen molar-refractivity contribution in [1.82, 2.24) is 0 Å². The number of allylic oxidation sites excluding steroid dienone is 2. The Morgan fingerprint density at radius 1 is 1.83 bits per heavy atom. The van der Waals surface area contributed by atoms with Gasteiger partial charge in [-0.1, -0.05) is 34.7 Å². The fourth-order valence-corrected chi connectivity index (χ4v) is 0.598. The van der Waals surface area contributed by atoms with Crippen molar-refractivity contribution in [3.63, 3.8) is 0 Å². The summed E-state index contributed by atoms with van der Waals surface area (Å²) in [5.41, 5.74) is 0. The Kier molecular flexibility index (Phi) is 16.3. The second-order valence-corrected chi connectivity index (χ2v) is 1.60. The van der Waals surface area contributed by atoms with E-state index in [1.807, 2.05) is 13.0 Å². The van der Waals surface area contributed by atoms with Gasteiger partial charge >= 0.3 is 23.1 Å². The van der Waals surface area contributed by atoms with Gasteiger partial charge in [0.2, 0.25) is 0 Å². The van der Waals surface area contributed by atoms with E-state index in [2.05, 4.69) is 28.7 Å². The van der Waals surface area contributed by atoms with E-state index in [0.717, 1.165) is 4.43 Å². The molecule has 0 N–H and O–H groups in total. The summed E-state index contributed by atoms with van der Waals surface area (Å²) in [6, 6.07) is 0. The van der Waals surface area contributed by atoms with Gasteiger partial charge in [-0.3, -0.25) is 0 Å². The predicted octanol–water partition coefficient (Wildman–Crippen LogP) is 1.84. The molecule has 0 fully saturated rings. The predicted molar refractivity (Wildman–Crippen MR) is 41.7 cm³/mol. The van der Waals surface area contributed by atoms with Gasteiger partial charge in [-0.25, -0.2) is 0 Å². The number of halogens is 1. The van der Waals surface area contributed by atoms with Gasteiger partial charge in [-0.15, -0.1) is 0 Å². The molecule has 0 aliphatic heterocycles. The third-order valence-electron chi connectivity index (χ3n) is 0.325. The van der Waals surface area contributed by atoms with E-state index < -0.39 is 0 Å². The third kappa shape index (κ3) is 8.97. The molecule has 0 radical (unpaired) electrons. The summed E-state index contributed by atoms with van der Waals surface area (Å²) >= 11 is 2.30. The molecule has 2 heteroatoms. The summed E-state index contributed by atoms with van der Waals surface area (Å²) in [6.45, 7) is 2.03. The quantitative estimate of drug-likeness (QED) is 0.267. The van der Waals surface area contributed by atoms with Crippen molar-refractivity contribution in [2.75, 3.05) is 4.43 Å². The van der Waals surface area contributed by atoms with E-state index in [0.29, 0.717) is 0 Å². The van der Waals surface area contributed by atoms with Crippen LogP contribution in [0.2, 0.25) is 0 Å². The van der Waals surface area contributed by atoms with Crippen LogP contribution in [0.15, 0.2) is 12.2 Å². The van der Waals surface area contributed by atoms with Gasteiger partial charge in [0, 0.05) is 4.43 Å². The van der Waals surface area contributed by atoms with E-state index in [1.165, 1.54) is 0 Å². The molecule has 0 amide bonds. The number of alkyl halides is 1. The van der Waals surface area contributed by atoms with Crippen molar-refractivity contribution < 1.29 is 2.85 Å². The van der Waals surface area contributed by atoms with Crippen molar-refractivity contribution in [3.05, 3.63) is 12.2 Å². The van der Waals surface area contributed by atoms with Gasteiger partial charge in [-0.05, 0) is 6.92 Å². The van der Waals surface area contributed by atoms with Crippen LogP contribution in [0.3, 0.4) is 0 Å². The molecule has 0 aromatic rings. The molecule has 0 bridgehead atoms. The molecule has 0 atom stereocenters. The molecular weight excluding hydrogens is 199 g/mol. The largest absolute Gasteiger partial charge is 2.00 e. The van der Waals surface area contributed by atoms with Gasteiger partial charge < -0.3 is 2.85 Å². The van der Waals surface area contributed by atoms with Crippen LogP contribution in [0.5, 0.6) is 0 Å². The fourth-order valence-electron chi connectivity index (χ4n) is 0.0891. The summed E-state index contributed by atoms with van der Waals surface area (Å²) in [4.78, 5) is 0. The molecule has 0 heterocycles. The molecule has 0 aliphatic rings. The van der Waals surface area contributed by atoms with Crippen LogP contribution >= 0.6 is 22.6 Å². The zero-order valence-electron chi connectivity index (χ0n) is 5.95. The van der Waals surface area contributed by atoms with Gasteiger partial charge in [-0.2, -0.15) is 0 Å². The number of hydrogen-bond donors (Lipinski definition) is 0. The molecule has 34 valence electrons. The van der Waals surface area contributed by atoms with Crippen molar-refractivity contribution in [1.29, 1.82) is 0 Å². The van der Waals surface area contributed by atoms with E-state index in [-0.39, 0.29) is 25.9 Å². The molecular formula is C4H9IMg. The number of rotatable bonds is 1. The summed E-state index contributed by atoms with van der Waals surface area (Å²) in [5, 5.41) is 0. The molecule has 6 heavy (non-hydrogen) atoms. The summed E-state index contributed by atoms with van der Waals surface area (Å²) in [7, 11) is 0. The Balaban J connectivity index is -0.0000000267. The molecule has 0 saturated carbocycles. The molecule has 0 aliphatic carbocycles. The average molecular weight is 208 g/mol. The van der Waals surface area contributed by atoms with Crippen LogP contribution in [0.1, 0.15) is 9.78 Å². The zero-order valence-corrected chi connectivity index (χ0v) is 7.52. The fraction of sp³-hybridized carbons (Fsp3) is 0.500. The van der Waals surface area contributed by atoms with E-state index in [4.69, 9.17) is 0 Å². The van der Waals surface area contributed by atoms with Crippen LogP contribution in [0.25, 0.3) is 0 Å². The van der Waals surface area contributed by atoms with Crippen molar-refractivity contribution in [3.8, 4) is 0 Å². The van der Waals surface area contributed by atoms with Crippen LogP contribution in [-0.2, 0) is 0 Å². The standard InChI is InChI=1S/C4H7I.Mg.2H/c1-2-3-4-5;;;/h2-3H,4H2,1H3;;;/q;+2;2*-1/b3-2+;;;. The van der Waals surface area contributed by atoms with Gasteiger partial charge in [0.25, 0.3) is 0 Å². The Morgan fingerprint density at radius 2 is 2.33 bits per heavy atom. The Labute approximate surface area is 71.6 Å². The Bertz CT molecular complexity index is 41.0. The minimum atomic E-state index is 0. The average Bonchev–Trinajstić information content (AvgIpc) is 1.41. The Morgan fingerprint density at radius 3 is 2.33 bits per heavy atom.